The Morgan fingerprint density at radius 1 is 0.862 bits per heavy atom. The lowest BCUT2D eigenvalue weighted by molar-refractivity contribution is -0.660. The van der Waals surface area contributed by atoms with Gasteiger partial charge in [0, 0.05) is 29.7 Å². The third-order valence-corrected chi connectivity index (χ3v) is 5.38. The lowest BCUT2D eigenvalue weighted by atomic mass is 9.98. The molecule has 5 rings (SSSR count). The van der Waals surface area contributed by atoms with Crippen molar-refractivity contribution in [3.05, 3.63) is 90.1 Å². The highest BCUT2D eigenvalue weighted by Crippen LogP contribution is 2.38. The van der Waals surface area contributed by atoms with Crippen molar-refractivity contribution >= 4 is 21.9 Å². The standard InChI is InChI=1S/C25H18F2NO/c1-15-8-9-19-24-20(27)13-18(26)14-22(24)29-25(19)23(15)21-12-17(10-11-28(21)2)16-6-4-3-5-7-16/h3-14H,1-2H3/q+1. The summed E-state index contributed by atoms with van der Waals surface area (Å²) in [5, 5.41) is 0.952. The summed E-state index contributed by atoms with van der Waals surface area (Å²) in [5.74, 6) is -1.26. The van der Waals surface area contributed by atoms with Crippen LogP contribution in [0.4, 0.5) is 8.78 Å². The number of aryl methyl sites for hydroxylation is 2. The van der Waals surface area contributed by atoms with Crippen LogP contribution in [0.2, 0.25) is 0 Å². The number of aromatic nitrogens is 1. The van der Waals surface area contributed by atoms with Gasteiger partial charge in [-0.2, -0.15) is 0 Å². The van der Waals surface area contributed by atoms with Crippen molar-refractivity contribution in [3.8, 4) is 22.4 Å². The normalized spacial score (nSPS) is 11.4. The molecule has 2 aromatic heterocycles. The molecule has 142 valence electrons. The second-order valence-corrected chi connectivity index (χ2v) is 7.27. The van der Waals surface area contributed by atoms with Crippen molar-refractivity contribution < 1.29 is 17.8 Å². The van der Waals surface area contributed by atoms with E-state index in [4.69, 9.17) is 4.42 Å². The van der Waals surface area contributed by atoms with Gasteiger partial charge in [0.2, 0.25) is 5.69 Å². The lowest BCUT2D eigenvalue weighted by Crippen LogP contribution is -2.30. The van der Waals surface area contributed by atoms with Gasteiger partial charge in [-0.15, -0.1) is 0 Å². The summed E-state index contributed by atoms with van der Waals surface area (Å²) >= 11 is 0. The van der Waals surface area contributed by atoms with E-state index in [1.807, 2.05) is 55.1 Å². The molecule has 2 nitrogen and oxygen atoms in total. The Labute approximate surface area is 166 Å². The van der Waals surface area contributed by atoms with Gasteiger partial charge >= 0.3 is 0 Å². The number of nitrogens with zero attached hydrogens (tertiary/aromatic N) is 1. The number of furan rings is 1. The van der Waals surface area contributed by atoms with E-state index < -0.39 is 11.6 Å². The Morgan fingerprint density at radius 3 is 2.45 bits per heavy atom. The molecule has 0 bridgehead atoms. The minimum Gasteiger partial charge on any atom is -0.455 e. The molecule has 0 fully saturated rings. The highest BCUT2D eigenvalue weighted by Gasteiger charge is 2.23. The summed E-state index contributed by atoms with van der Waals surface area (Å²) in [6, 6.07) is 20.2. The summed E-state index contributed by atoms with van der Waals surface area (Å²) in [6.07, 6.45) is 2.00. The number of hydrogen-bond acceptors (Lipinski definition) is 1. The molecule has 0 spiro atoms. The molecule has 0 amide bonds. The first-order valence-corrected chi connectivity index (χ1v) is 9.39. The number of fused-ring (bicyclic) bond motifs is 3. The van der Waals surface area contributed by atoms with E-state index >= 15 is 0 Å². The van der Waals surface area contributed by atoms with Crippen molar-refractivity contribution in [2.45, 2.75) is 6.92 Å². The van der Waals surface area contributed by atoms with Crippen LogP contribution in [-0.2, 0) is 7.05 Å². The molecule has 0 N–H and O–H groups in total. The third-order valence-electron chi connectivity index (χ3n) is 5.38. The second kappa shape index (κ2) is 6.52. The van der Waals surface area contributed by atoms with Crippen LogP contribution in [-0.4, -0.2) is 0 Å². The molecule has 5 aromatic rings. The van der Waals surface area contributed by atoms with Gasteiger partial charge in [-0.3, -0.25) is 0 Å². The number of pyridine rings is 1. The quantitative estimate of drug-likeness (QED) is 0.324. The average Bonchev–Trinajstić information content (AvgIpc) is 3.08. The van der Waals surface area contributed by atoms with Crippen LogP contribution in [0, 0.1) is 18.6 Å². The van der Waals surface area contributed by atoms with E-state index in [0.717, 1.165) is 34.0 Å². The van der Waals surface area contributed by atoms with Gasteiger partial charge < -0.3 is 4.42 Å². The van der Waals surface area contributed by atoms with Crippen LogP contribution in [0.3, 0.4) is 0 Å². The Morgan fingerprint density at radius 2 is 1.66 bits per heavy atom. The summed E-state index contributed by atoms with van der Waals surface area (Å²) in [7, 11) is 1.96. The maximum Gasteiger partial charge on any atom is 0.216 e. The zero-order valence-electron chi connectivity index (χ0n) is 16.0. The molecule has 0 aliphatic rings. The van der Waals surface area contributed by atoms with Crippen LogP contribution in [0.5, 0.6) is 0 Å². The molecule has 4 heteroatoms. The number of rotatable bonds is 2. The highest BCUT2D eigenvalue weighted by molar-refractivity contribution is 6.10. The van der Waals surface area contributed by atoms with Crippen molar-refractivity contribution in [1.82, 2.24) is 0 Å². The Bertz CT molecular complexity index is 1390. The van der Waals surface area contributed by atoms with Gasteiger partial charge in [-0.25, -0.2) is 13.3 Å². The first-order valence-electron chi connectivity index (χ1n) is 9.39. The van der Waals surface area contributed by atoms with E-state index in [-0.39, 0.29) is 5.58 Å². The Balaban J connectivity index is 1.84. The molecule has 0 radical (unpaired) electrons. The highest BCUT2D eigenvalue weighted by atomic mass is 19.1. The predicted octanol–water partition coefficient (Wildman–Crippen LogP) is 6.33. The fraction of sp³-hybridized carbons (Fsp3) is 0.0800. The van der Waals surface area contributed by atoms with Crippen LogP contribution < -0.4 is 4.57 Å². The van der Waals surface area contributed by atoms with Crippen molar-refractivity contribution in [2.75, 3.05) is 0 Å². The maximum absolute atomic E-state index is 14.5. The van der Waals surface area contributed by atoms with Gasteiger partial charge in [0.25, 0.3) is 0 Å². The van der Waals surface area contributed by atoms with E-state index in [1.54, 1.807) is 0 Å². The van der Waals surface area contributed by atoms with Gasteiger partial charge in [0.05, 0.1) is 10.9 Å². The SMILES string of the molecule is Cc1ccc2c(oc3cc(F)cc(F)c32)c1-c1cc(-c2ccccc2)cc[n+]1C. The zero-order chi connectivity index (χ0) is 20.1. The number of benzene rings is 3. The van der Waals surface area contributed by atoms with Crippen molar-refractivity contribution in [1.29, 1.82) is 0 Å². The summed E-state index contributed by atoms with van der Waals surface area (Å²) in [6.45, 7) is 1.99. The first-order chi connectivity index (χ1) is 14.0. The van der Waals surface area contributed by atoms with Gasteiger partial charge in [0.1, 0.15) is 29.8 Å². The van der Waals surface area contributed by atoms with E-state index in [1.165, 1.54) is 6.07 Å². The molecule has 0 saturated carbocycles. The fourth-order valence-electron chi connectivity index (χ4n) is 3.93. The number of halogens is 2. The fourth-order valence-corrected chi connectivity index (χ4v) is 3.93. The summed E-state index contributed by atoms with van der Waals surface area (Å²) < 4.78 is 36.2. The molecule has 0 aliphatic heterocycles. The molecule has 0 atom stereocenters. The number of hydrogen-bond donors (Lipinski definition) is 0. The molecular weight excluding hydrogens is 368 g/mol. The predicted molar refractivity (Wildman–Crippen MR) is 110 cm³/mol. The van der Waals surface area contributed by atoms with E-state index in [2.05, 4.69) is 24.3 Å². The Hall–Kier alpha value is -3.53. The summed E-state index contributed by atoms with van der Waals surface area (Å²) in [4.78, 5) is 0. The third kappa shape index (κ3) is 2.80. The molecule has 0 unspecified atom stereocenters. The molecule has 0 aliphatic carbocycles. The van der Waals surface area contributed by atoms with Crippen molar-refractivity contribution in [3.63, 3.8) is 0 Å². The maximum atomic E-state index is 14.5. The summed E-state index contributed by atoms with van der Waals surface area (Å²) in [5.41, 5.74) is 5.77. The lowest BCUT2D eigenvalue weighted by Gasteiger charge is -2.08. The molecule has 29 heavy (non-hydrogen) atoms. The topological polar surface area (TPSA) is 17.0 Å². The zero-order valence-corrected chi connectivity index (χ0v) is 16.0. The van der Waals surface area contributed by atoms with Gasteiger partial charge in [-0.1, -0.05) is 42.5 Å². The van der Waals surface area contributed by atoms with Gasteiger partial charge in [-0.05, 0) is 23.6 Å². The molecule has 0 saturated heterocycles. The largest absolute Gasteiger partial charge is 0.455 e. The second-order valence-electron chi connectivity index (χ2n) is 7.27. The monoisotopic (exact) mass is 386 g/mol. The van der Waals surface area contributed by atoms with Crippen LogP contribution in [0.25, 0.3) is 44.3 Å². The van der Waals surface area contributed by atoms with Crippen LogP contribution in [0.15, 0.2) is 77.3 Å². The first kappa shape index (κ1) is 17.6. The molecular formula is C25H18F2NO+. The molecule has 3 aromatic carbocycles. The van der Waals surface area contributed by atoms with Gasteiger partial charge in [0.15, 0.2) is 6.20 Å². The smallest absolute Gasteiger partial charge is 0.216 e. The van der Waals surface area contributed by atoms with E-state index in [9.17, 15) is 8.78 Å². The molecule has 2 heterocycles. The Kier molecular flexibility index (Phi) is 3.95. The average molecular weight is 386 g/mol. The van der Waals surface area contributed by atoms with Crippen LogP contribution in [0.1, 0.15) is 5.56 Å². The van der Waals surface area contributed by atoms with E-state index in [0.29, 0.717) is 16.4 Å². The minimum absolute atomic E-state index is 0.214. The minimum atomic E-state index is -0.649. The van der Waals surface area contributed by atoms with Crippen molar-refractivity contribution in [2.24, 2.45) is 7.05 Å². The van der Waals surface area contributed by atoms with Crippen LogP contribution >= 0.6 is 0 Å².